The highest BCUT2D eigenvalue weighted by molar-refractivity contribution is 7.91. The van der Waals surface area contributed by atoms with Gasteiger partial charge in [-0.25, -0.2) is 13.2 Å². The first kappa shape index (κ1) is 19.7. The maximum atomic E-state index is 13.2. The summed E-state index contributed by atoms with van der Waals surface area (Å²) in [7, 11) is -3.98. The van der Waals surface area contributed by atoms with Crippen LogP contribution in [0.4, 0.5) is 5.69 Å². The highest BCUT2D eigenvalue weighted by Gasteiger charge is 2.32. The minimum Gasteiger partial charge on any atom is -0.478 e. The number of hydrogen-bond donors (Lipinski definition) is 2. The summed E-state index contributed by atoms with van der Waals surface area (Å²) < 4.78 is 32.3. The van der Waals surface area contributed by atoms with Crippen molar-refractivity contribution in [1.82, 2.24) is 0 Å². The van der Waals surface area contributed by atoms with Gasteiger partial charge < -0.3 is 15.6 Å². The van der Waals surface area contributed by atoms with Crippen LogP contribution in [0.5, 0.6) is 5.75 Å². The number of hydrogen-bond acceptors (Lipinski definition) is 5. The third-order valence-corrected chi connectivity index (χ3v) is 6.09. The zero-order chi connectivity index (χ0) is 20.3. The highest BCUT2D eigenvalue weighted by atomic mass is 35.5. The van der Waals surface area contributed by atoms with Gasteiger partial charge in [-0.15, -0.1) is 0 Å². The van der Waals surface area contributed by atoms with Crippen LogP contribution in [-0.4, -0.2) is 19.5 Å². The number of carbonyl (C=O) groups is 1. The normalized spacial score (nSPS) is 12.3. The maximum absolute atomic E-state index is 13.2. The van der Waals surface area contributed by atoms with E-state index in [9.17, 15) is 13.2 Å². The van der Waals surface area contributed by atoms with Crippen LogP contribution in [-0.2, 0) is 9.84 Å². The van der Waals surface area contributed by atoms with Gasteiger partial charge in [-0.3, -0.25) is 0 Å². The average molecular weight is 418 g/mol. The molecule has 0 aliphatic rings. The number of sulfone groups is 1. The topological polar surface area (TPSA) is 107 Å². The van der Waals surface area contributed by atoms with Crippen LogP contribution < -0.4 is 10.5 Å². The summed E-state index contributed by atoms with van der Waals surface area (Å²) in [4.78, 5) is 11.2. The molecule has 0 amide bonds. The average Bonchev–Trinajstić information content (AvgIpc) is 2.69. The van der Waals surface area contributed by atoms with Crippen molar-refractivity contribution >= 4 is 33.1 Å². The Morgan fingerprint density at radius 1 is 1.00 bits per heavy atom. The van der Waals surface area contributed by atoms with Crippen molar-refractivity contribution < 1.29 is 23.1 Å². The lowest BCUT2D eigenvalue weighted by Gasteiger charge is -2.21. The molecule has 8 heteroatoms. The number of benzene rings is 3. The Morgan fingerprint density at radius 2 is 1.64 bits per heavy atom. The van der Waals surface area contributed by atoms with Gasteiger partial charge in [0.2, 0.25) is 15.3 Å². The van der Waals surface area contributed by atoms with Crippen LogP contribution in [0.3, 0.4) is 0 Å². The molecule has 0 spiro atoms. The van der Waals surface area contributed by atoms with E-state index in [1.165, 1.54) is 48.5 Å². The predicted molar refractivity (Wildman–Crippen MR) is 106 cm³/mol. The number of nitrogens with two attached hydrogens (primary N) is 1. The summed E-state index contributed by atoms with van der Waals surface area (Å²) in [6.45, 7) is 0. The number of halogens is 1. The molecule has 3 aromatic carbocycles. The smallest absolute Gasteiger partial charge is 0.335 e. The van der Waals surface area contributed by atoms with Gasteiger partial charge in [-0.2, -0.15) is 0 Å². The van der Waals surface area contributed by atoms with Crippen molar-refractivity contribution in [3.8, 4) is 5.75 Å². The summed E-state index contributed by atoms with van der Waals surface area (Å²) >= 11 is 5.98. The number of carboxylic acid groups (broad SMARTS) is 1. The van der Waals surface area contributed by atoms with Gasteiger partial charge in [-0.05, 0) is 36.4 Å². The number of aromatic carboxylic acids is 1. The molecule has 0 aliphatic heterocycles. The molecule has 0 saturated heterocycles. The molecule has 0 aromatic heterocycles. The van der Waals surface area contributed by atoms with E-state index in [0.717, 1.165) is 0 Å². The minimum absolute atomic E-state index is 0.0295. The van der Waals surface area contributed by atoms with Crippen molar-refractivity contribution in [1.29, 1.82) is 0 Å². The SMILES string of the molecule is Nc1ccc(Cl)cc1OC(c1ccc(C(=O)O)cc1)S(=O)(=O)c1ccccc1. The van der Waals surface area contributed by atoms with Gasteiger partial charge >= 0.3 is 5.97 Å². The number of ether oxygens (including phenoxy) is 1. The number of anilines is 1. The van der Waals surface area contributed by atoms with Gasteiger partial charge in [-0.1, -0.05) is 41.9 Å². The van der Waals surface area contributed by atoms with Gasteiger partial charge in [0, 0.05) is 16.7 Å². The summed E-state index contributed by atoms with van der Waals surface area (Å²) in [5.41, 5.74) is 4.97. The predicted octanol–water partition coefficient (Wildman–Crippen LogP) is 4.17. The summed E-state index contributed by atoms with van der Waals surface area (Å²) in [6.07, 6.45) is 0. The Morgan fingerprint density at radius 3 is 2.25 bits per heavy atom. The van der Waals surface area contributed by atoms with E-state index in [-0.39, 0.29) is 27.5 Å². The van der Waals surface area contributed by atoms with Gasteiger partial charge in [0.15, 0.2) is 0 Å². The number of rotatable bonds is 6. The molecule has 3 aromatic rings. The molecule has 1 unspecified atom stereocenters. The molecule has 28 heavy (non-hydrogen) atoms. The lowest BCUT2D eigenvalue weighted by atomic mass is 10.1. The fourth-order valence-electron chi connectivity index (χ4n) is 2.55. The minimum atomic E-state index is -3.98. The lowest BCUT2D eigenvalue weighted by Crippen LogP contribution is -2.20. The third-order valence-electron chi connectivity index (χ3n) is 3.99. The molecular weight excluding hydrogens is 402 g/mol. The first-order valence-electron chi connectivity index (χ1n) is 8.13. The third kappa shape index (κ3) is 4.11. The molecule has 0 bridgehead atoms. The molecule has 3 N–H and O–H groups in total. The Labute approximate surface area is 167 Å². The van der Waals surface area contributed by atoms with Crippen molar-refractivity contribution in [3.05, 3.63) is 88.9 Å². The van der Waals surface area contributed by atoms with Gasteiger partial charge in [0.25, 0.3) is 0 Å². The van der Waals surface area contributed by atoms with Gasteiger partial charge in [0.05, 0.1) is 16.1 Å². The molecule has 0 heterocycles. The van der Waals surface area contributed by atoms with Crippen LogP contribution in [0.1, 0.15) is 21.4 Å². The van der Waals surface area contributed by atoms with E-state index in [2.05, 4.69) is 0 Å². The molecule has 0 saturated carbocycles. The van der Waals surface area contributed by atoms with Crippen molar-refractivity contribution in [2.75, 3.05) is 5.73 Å². The van der Waals surface area contributed by atoms with Crippen LogP contribution in [0.25, 0.3) is 0 Å². The zero-order valence-corrected chi connectivity index (χ0v) is 16.0. The van der Waals surface area contributed by atoms with Crippen LogP contribution >= 0.6 is 11.6 Å². The van der Waals surface area contributed by atoms with E-state index in [4.69, 9.17) is 27.2 Å². The lowest BCUT2D eigenvalue weighted by molar-refractivity contribution is 0.0697. The van der Waals surface area contributed by atoms with Crippen LogP contribution in [0.15, 0.2) is 77.7 Å². The molecule has 144 valence electrons. The van der Waals surface area contributed by atoms with E-state index in [1.54, 1.807) is 24.3 Å². The maximum Gasteiger partial charge on any atom is 0.335 e. The van der Waals surface area contributed by atoms with Crippen molar-refractivity contribution in [3.63, 3.8) is 0 Å². The first-order chi connectivity index (χ1) is 13.3. The molecule has 0 radical (unpaired) electrons. The molecular formula is C20H16ClNO5S. The van der Waals surface area contributed by atoms with Crippen molar-refractivity contribution in [2.24, 2.45) is 0 Å². The Balaban J connectivity index is 2.10. The molecule has 0 aliphatic carbocycles. The van der Waals surface area contributed by atoms with Gasteiger partial charge in [0.1, 0.15) is 5.75 Å². The Bertz CT molecular complexity index is 1100. The zero-order valence-electron chi connectivity index (χ0n) is 14.4. The molecule has 3 rings (SSSR count). The monoisotopic (exact) mass is 417 g/mol. The summed E-state index contributed by atoms with van der Waals surface area (Å²) in [5.74, 6) is -1.01. The number of carboxylic acids is 1. The largest absolute Gasteiger partial charge is 0.478 e. The number of nitrogen functional groups attached to an aromatic ring is 1. The molecule has 6 nitrogen and oxygen atoms in total. The highest BCUT2D eigenvalue weighted by Crippen LogP contribution is 2.35. The summed E-state index contributed by atoms with van der Waals surface area (Å²) in [6, 6.07) is 17.7. The van der Waals surface area contributed by atoms with E-state index in [1.807, 2.05) is 0 Å². The standard InChI is InChI=1S/C20H16ClNO5S/c21-15-10-11-17(22)18(12-15)27-20(14-8-6-13(7-9-14)19(23)24)28(25,26)16-4-2-1-3-5-16/h1-12,20H,22H2,(H,23,24). The van der Waals surface area contributed by atoms with E-state index in [0.29, 0.717) is 5.02 Å². The second-order valence-electron chi connectivity index (χ2n) is 5.92. The van der Waals surface area contributed by atoms with E-state index < -0.39 is 21.2 Å². The quantitative estimate of drug-likeness (QED) is 0.583. The van der Waals surface area contributed by atoms with Crippen LogP contribution in [0.2, 0.25) is 5.02 Å². The second kappa shape index (κ2) is 7.92. The fourth-order valence-corrected chi connectivity index (χ4v) is 4.24. The molecule has 0 fully saturated rings. The Kier molecular flexibility index (Phi) is 5.58. The van der Waals surface area contributed by atoms with E-state index >= 15 is 0 Å². The second-order valence-corrected chi connectivity index (χ2v) is 8.34. The fraction of sp³-hybridized carbons (Fsp3) is 0.0500. The Hall–Kier alpha value is -3.03. The summed E-state index contributed by atoms with van der Waals surface area (Å²) in [5, 5.41) is 9.41. The van der Waals surface area contributed by atoms with Crippen molar-refractivity contribution in [2.45, 2.75) is 10.3 Å². The first-order valence-corrected chi connectivity index (χ1v) is 10.1. The molecule has 1 atom stereocenters. The van der Waals surface area contributed by atoms with Crippen LogP contribution in [0, 0.1) is 0 Å².